The molecule has 0 radical (unpaired) electrons. The SMILES string of the molecule is CC(C)OC(=O)CS(=O)(=O)c1ccc(S(=O)(=O)C(F)(F)F)cc1[N+](=O)[O-]. The standard InChI is InChI=1S/C12H12F3NO8S2/c1-7(2)24-11(17)6-25(20,21)10-4-3-8(5-9(10)16(18)19)26(22,23)12(13,14)15/h3-5,7H,6H2,1-2H3. The largest absolute Gasteiger partial charge is 0.501 e. The minimum absolute atomic E-state index is 0.0243. The highest BCUT2D eigenvalue weighted by molar-refractivity contribution is 7.92. The zero-order valence-electron chi connectivity index (χ0n) is 13.2. The van der Waals surface area contributed by atoms with Gasteiger partial charge in [-0.2, -0.15) is 13.2 Å². The number of nitrogens with zero attached hydrogens (tertiary/aromatic N) is 1. The summed E-state index contributed by atoms with van der Waals surface area (Å²) in [4.78, 5) is 18.5. The summed E-state index contributed by atoms with van der Waals surface area (Å²) in [5.74, 6) is -2.54. The minimum Gasteiger partial charge on any atom is -0.462 e. The third kappa shape index (κ3) is 4.69. The number of sulfone groups is 2. The minimum atomic E-state index is -5.92. The maximum Gasteiger partial charge on any atom is 0.501 e. The monoisotopic (exact) mass is 419 g/mol. The Bertz CT molecular complexity index is 936. The molecule has 0 fully saturated rings. The van der Waals surface area contributed by atoms with Crippen LogP contribution in [0.4, 0.5) is 18.9 Å². The second kappa shape index (κ2) is 7.19. The fourth-order valence-corrected chi connectivity index (χ4v) is 3.78. The number of nitro groups is 1. The Morgan fingerprint density at radius 3 is 2.19 bits per heavy atom. The average Bonchev–Trinajstić information content (AvgIpc) is 2.43. The van der Waals surface area contributed by atoms with Gasteiger partial charge in [0.15, 0.2) is 15.6 Å². The Morgan fingerprint density at radius 2 is 1.77 bits per heavy atom. The first kappa shape index (κ1) is 21.8. The van der Waals surface area contributed by atoms with Gasteiger partial charge in [-0.1, -0.05) is 0 Å². The molecule has 0 bridgehead atoms. The molecular weight excluding hydrogens is 407 g/mol. The number of ether oxygens (including phenoxy) is 1. The van der Waals surface area contributed by atoms with Crippen LogP contribution in [-0.2, 0) is 29.2 Å². The predicted molar refractivity (Wildman–Crippen MR) is 79.6 cm³/mol. The van der Waals surface area contributed by atoms with E-state index in [1.165, 1.54) is 13.8 Å². The van der Waals surface area contributed by atoms with Crippen LogP contribution in [0.1, 0.15) is 13.8 Å². The van der Waals surface area contributed by atoms with Crippen molar-refractivity contribution in [2.45, 2.75) is 35.3 Å². The number of benzene rings is 1. The van der Waals surface area contributed by atoms with Crippen molar-refractivity contribution in [1.82, 2.24) is 0 Å². The molecule has 0 aliphatic rings. The summed E-state index contributed by atoms with van der Waals surface area (Å²) in [5.41, 5.74) is -7.14. The lowest BCUT2D eigenvalue weighted by atomic mass is 10.3. The Kier molecular flexibility index (Phi) is 6.03. The molecule has 146 valence electrons. The van der Waals surface area contributed by atoms with Gasteiger partial charge in [0.25, 0.3) is 15.5 Å². The van der Waals surface area contributed by atoms with E-state index in [1.54, 1.807) is 0 Å². The third-order valence-electron chi connectivity index (χ3n) is 2.75. The Balaban J connectivity index is 3.47. The first-order chi connectivity index (χ1) is 11.6. The number of halogens is 3. The van der Waals surface area contributed by atoms with Crippen molar-refractivity contribution in [3.63, 3.8) is 0 Å². The molecule has 26 heavy (non-hydrogen) atoms. The van der Waals surface area contributed by atoms with Crippen molar-refractivity contribution in [1.29, 1.82) is 0 Å². The van der Waals surface area contributed by atoms with E-state index in [-0.39, 0.29) is 12.1 Å². The first-order valence-corrected chi connectivity index (χ1v) is 9.75. The normalized spacial score (nSPS) is 12.8. The topological polar surface area (TPSA) is 138 Å². The van der Waals surface area contributed by atoms with Gasteiger partial charge in [-0.25, -0.2) is 16.8 Å². The number of carbonyl (C=O) groups excluding carboxylic acids is 1. The number of alkyl halides is 3. The number of hydrogen-bond donors (Lipinski definition) is 0. The average molecular weight is 419 g/mol. The van der Waals surface area contributed by atoms with Crippen LogP contribution in [0.5, 0.6) is 0 Å². The summed E-state index contributed by atoms with van der Waals surface area (Å²) in [5, 5.41) is 11.0. The zero-order chi connectivity index (χ0) is 20.5. The van der Waals surface area contributed by atoms with Gasteiger partial charge in [-0.05, 0) is 26.0 Å². The molecule has 0 amide bonds. The van der Waals surface area contributed by atoms with Gasteiger partial charge in [0.1, 0.15) is 4.90 Å². The maximum absolute atomic E-state index is 12.5. The number of nitro benzene ring substituents is 1. The number of esters is 1. The lowest BCUT2D eigenvalue weighted by Crippen LogP contribution is -2.24. The third-order valence-corrected chi connectivity index (χ3v) is 5.87. The predicted octanol–water partition coefficient (Wildman–Crippen LogP) is 1.61. The van der Waals surface area contributed by atoms with Gasteiger partial charge >= 0.3 is 11.5 Å². The molecule has 0 saturated heterocycles. The van der Waals surface area contributed by atoms with Gasteiger partial charge in [0.2, 0.25) is 0 Å². The summed E-state index contributed by atoms with van der Waals surface area (Å²) in [6.07, 6.45) is -0.674. The van der Waals surface area contributed by atoms with Crippen molar-refractivity contribution < 1.29 is 44.5 Å². The van der Waals surface area contributed by atoms with E-state index >= 15 is 0 Å². The number of rotatable bonds is 6. The molecule has 9 nitrogen and oxygen atoms in total. The number of hydrogen-bond acceptors (Lipinski definition) is 8. The van der Waals surface area contributed by atoms with Gasteiger partial charge in [-0.3, -0.25) is 14.9 Å². The van der Waals surface area contributed by atoms with Crippen molar-refractivity contribution >= 4 is 31.3 Å². The van der Waals surface area contributed by atoms with Crippen LogP contribution < -0.4 is 0 Å². The molecular formula is C12H12F3NO8S2. The fourth-order valence-electron chi connectivity index (χ4n) is 1.73. The molecule has 0 atom stereocenters. The molecule has 0 aromatic heterocycles. The van der Waals surface area contributed by atoms with E-state index < -0.39 is 63.4 Å². The molecule has 0 spiro atoms. The number of carbonyl (C=O) groups is 1. The molecule has 0 aliphatic heterocycles. The van der Waals surface area contributed by atoms with Gasteiger partial charge in [-0.15, -0.1) is 0 Å². The molecule has 1 rings (SSSR count). The highest BCUT2D eigenvalue weighted by Crippen LogP contribution is 2.34. The highest BCUT2D eigenvalue weighted by Gasteiger charge is 2.47. The van der Waals surface area contributed by atoms with Crippen LogP contribution >= 0.6 is 0 Å². The van der Waals surface area contributed by atoms with E-state index in [0.29, 0.717) is 6.07 Å². The van der Waals surface area contributed by atoms with Crippen LogP contribution in [-0.4, -0.2) is 45.1 Å². The lowest BCUT2D eigenvalue weighted by molar-refractivity contribution is -0.388. The van der Waals surface area contributed by atoms with Crippen molar-refractivity contribution in [3.05, 3.63) is 28.3 Å². The second-order valence-corrected chi connectivity index (χ2v) is 9.03. The quantitative estimate of drug-likeness (QED) is 0.385. The Morgan fingerprint density at radius 1 is 1.23 bits per heavy atom. The Labute approximate surface area is 145 Å². The molecule has 0 unspecified atom stereocenters. The van der Waals surface area contributed by atoms with Crippen LogP contribution in [0, 0.1) is 10.1 Å². The van der Waals surface area contributed by atoms with E-state index in [2.05, 4.69) is 4.74 Å². The van der Waals surface area contributed by atoms with Crippen molar-refractivity contribution in [2.24, 2.45) is 0 Å². The lowest BCUT2D eigenvalue weighted by Gasteiger charge is -2.11. The van der Waals surface area contributed by atoms with Gasteiger partial charge < -0.3 is 4.74 Å². The fraction of sp³-hybridized carbons (Fsp3) is 0.417. The van der Waals surface area contributed by atoms with Crippen molar-refractivity contribution in [2.75, 3.05) is 5.75 Å². The molecule has 0 saturated carbocycles. The molecule has 0 heterocycles. The maximum atomic E-state index is 12.5. The van der Waals surface area contributed by atoms with Crippen LogP contribution in [0.15, 0.2) is 28.0 Å². The Hall–Kier alpha value is -2.22. The van der Waals surface area contributed by atoms with Gasteiger partial charge in [0.05, 0.1) is 15.9 Å². The molecule has 0 N–H and O–H groups in total. The van der Waals surface area contributed by atoms with E-state index in [9.17, 15) is 44.9 Å². The van der Waals surface area contributed by atoms with E-state index in [4.69, 9.17) is 0 Å². The van der Waals surface area contributed by atoms with E-state index in [0.717, 1.165) is 0 Å². The smallest absolute Gasteiger partial charge is 0.462 e. The molecule has 14 heteroatoms. The second-order valence-electron chi connectivity index (χ2n) is 5.13. The van der Waals surface area contributed by atoms with Crippen LogP contribution in [0.3, 0.4) is 0 Å². The molecule has 1 aromatic carbocycles. The first-order valence-electron chi connectivity index (χ1n) is 6.61. The summed E-state index contributed by atoms with van der Waals surface area (Å²) in [6.45, 7) is 2.84. The molecule has 1 aromatic rings. The highest BCUT2D eigenvalue weighted by atomic mass is 32.2. The zero-order valence-corrected chi connectivity index (χ0v) is 14.8. The summed E-state index contributed by atoms with van der Waals surface area (Å²) >= 11 is 0. The van der Waals surface area contributed by atoms with Crippen LogP contribution in [0.25, 0.3) is 0 Å². The summed E-state index contributed by atoms with van der Waals surface area (Å²) in [7, 11) is -10.6. The van der Waals surface area contributed by atoms with Gasteiger partial charge in [0, 0.05) is 6.07 Å². The summed E-state index contributed by atoms with van der Waals surface area (Å²) < 4.78 is 89.1. The molecule has 0 aliphatic carbocycles. The van der Waals surface area contributed by atoms with E-state index in [1.807, 2.05) is 0 Å². The summed E-state index contributed by atoms with van der Waals surface area (Å²) in [6, 6.07) is 0.564. The van der Waals surface area contributed by atoms with Crippen molar-refractivity contribution in [3.8, 4) is 0 Å². The van der Waals surface area contributed by atoms with Crippen LogP contribution in [0.2, 0.25) is 0 Å².